The molecule has 1 saturated heterocycles. The monoisotopic (exact) mass is 583 g/mol. The van der Waals surface area contributed by atoms with Crippen molar-refractivity contribution in [3.05, 3.63) is 47.7 Å². The maximum absolute atomic E-state index is 14.5. The van der Waals surface area contributed by atoms with Gasteiger partial charge in [-0.2, -0.15) is 17.5 Å². The van der Waals surface area contributed by atoms with Crippen LogP contribution in [0.2, 0.25) is 0 Å². The van der Waals surface area contributed by atoms with Crippen LogP contribution in [-0.2, 0) is 10.9 Å². The number of aromatic nitrogens is 4. The van der Waals surface area contributed by atoms with Crippen LogP contribution in [0, 0.1) is 6.92 Å². The molecule has 0 bridgehead atoms. The van der Waals surface area contributed by atoms with Gasteiger partial charge in [0.25, 0.3) is 5.91 Å². The number of carbonyl (C=O) groups excluding carboxylic acids is 2. The molecule has 2 amide bonds. The molecule has 0 aromatic carbocycles. The SMILES string of the molecule is Cc1nsc(Nc2cnc(C(F)(F)F)cn2)c1C(=O)Nc1ccc(O[C@@H]2CN(C(=O)OC(C)(C)C)C[C@@H]2F)nc1. The number of aryl methyl sites for hydroxylation is 1. The molecule has 0 aliphatic carbocycles. The molecule has 1 aliphatic rings. The molecule has 0 unspecified atom stereocenters. The molecule has 2 N–H and O–H groups in total. The molecule has 0 radical (unpaired) electrons. The van der Waals surface area contributed by atoms with Gasteiger partial charge in [0, 0.05) is 6.07 Å². The molecular formula is C24H25F4N7O4S. The number of ether oxygens (including phenoxy) is 2. The summed E-state index contributed by atoms with van der Waals surface area (Å²) in [6.07, 6.45) is -4.85. The molecule has 11 nitrogen and oxygen atoms in total. The van der Waals surface area contributed by atoms with Crippen molar-refractivity contribution in [3.63, 3.8) is 0 Å². The van der Waals surface area contributed by atoms with Crippen LogP contribution in [0.5, 0.6) is 5.88 Å². The summed E-state index contributed by atoms with van der Waals surface area (Å²) in [6.45, 7) is 6.56. The van der Waals surface area contributed by atoms with E-state index in [1.54, 1.807) is 27.7 Å². The van der Waals surface area contributed by atoms with Gasteiger partial charge < -0.3 is 25.0 Å². The molecule has 4 rings (SSSR count). The second kappa shape index (κ2) is 11.2. The average molecular weight is 584 g/mol. The Morgan fingerprint density at radius 1 is 1.07 bits per heavy atom. The number of hydrogen-bond donors (Lipinski definition) is 2. The van der Waals surface area contributed by atoms with E-state index in [4.69, 9.17) is 9.47 Å². The zero-order chi connectivity index (χ0) is 29.2. The Morgan fingerprint density at radius 3 is 2.42 bits per heavy atom. The van der Waals surface area contributed by atoms with Gasteiger partial charge in [-0.1, -0.05) is 0 Å². The number of alkyl halides is 4. The number of rotatable bonds is 6. The fourth-order valence-electron chi connectivity index (χ4n) is 3.57. The molecule has 3 aromatic rings. The second-order valence-corrected chi connectivity index (χ2v) is 10.6. The predicted molar refractivity (Wildman–Crippen MR) is 136 cm³/mol. The van der Waals surface area contributed by atoms with E-state index in [0.717, 1.165) is 17.7 Å². The fraction of sp³-hybridized carbons (Fsp3) is 0.417. The Morgan fingerprint density at radius 2 is 1.82 bits per heavy atom. The highest BCUT2D eigenvalue weighted by molar-refractivity contribution is 7.10. The maximum atomic E-state index is 14.5. The molecular weight excluding hydrogens is 558 g/mol. The van der Waals surface area contributed by atoms with Crippen molar-refractivity contribution < 1.29 is 36.6 Å². The van der Waals surface area contributed by atoms with Crippen LogP contribution >= 0.6 is 11.5 Å². The van der Waals surface area contributed by atoms with Gasteiger partial charge in [-0.3, -0.25) is 4.79 Å². The quantitative estimate of drug-likeness (QED) is 0.386. The van der Waals surface area contributed by atoms with Gasteiger partial charge in [-0.15, -0.1) is 0 Å². The number of nitrogens with zero attached hydrogens (tertiary/aromatic N) is 5. The molecule has 2 atom stereocenters. The lowest BCUT2D eigenvalue weighted by Gasteiger charge is -2.24. The van der Waals surface area contributed by atoms with Gasteiger partial charge >= 0.3 is 12.3 Å². The number of hydrogen-bond acceptors (Lipinski definition) is 10. The largest absolute Gasteiger partial charge is 0.469 e. The van der Waals surface area contributed by atoms with Crippen molar-refractivity contribution in [2.24, 2.45) is 0 Å². The number of pyridine rings is 1. The first-order valence-corrected chi connectivity index (χ1v) is 12.7. The minimum Gasteiger partial charge on any atom is -0.469 e. The van der Waals surface area contributed by atoms with Crippen molar-refractivity contribution in [1.82, 2.24) is 24.2 Å². The maximum Gasteiger partial charge on any atom is 0.434 e. The van der Waals surface area contributed by atoms with Crippen LogP contribution in [-0.4, -0.2) is 67.2 Å². The summed E-state index contributed by atoms with van der Waals surface area (Å²) in [6, 6.07) is 2.94. The molecule has 1 aliphatic heterocycles. The number of amides is 2. The van der Waals surface area contributed by atoms with Crippen molar-refractivity contribution in [3.8, 4) is 5.88 Å². The summed E-state index contributed by atoms with van der Waals surface area (Å²) < 4.78 is 67.7. The van der Waals surface area contributed by atoms with Gasteiger partial charge in [0.2, 0.25) is 5.88 Å². The Bertz CT molecular complexity index is 1360. The summed E-state index contributed by atoms with van der Waals surface area (Å²) in [5, 5.41) is 5.67. The summed E-state index contributed by atoms with van der Waals surface area (Å²) in [4.78, 5) is 37.6. The number of halogens is 4. The van der Waals surface area contributed by atoms with Gasteiger partial charge in [0.15, 0.2) is 18.0 Å². The van der Waals surface area contributed by atoms with E-state index < -0.39 is 41.7 Å². The summed E-state index contributed by atoms with van der Waals surface area (Å²) in [5.41, 5.74) is -1.04. The smallest absolute Gasteiger partial charge is 0.434 e. The van der Waals surface area contributed by atoms with Gasteiger partial charge in [-0.05, 0) is 45.3 Å². The number of likely N-dealkylation sites (tertiary alicyclic amines) is 1. The predicted octanol–water partition coefficient (Wildman–Crippen LogP) is 4.99. The van der Waals surface area contributed by atoms with Crippen molar-refractivity contribution >= 4 is 40.0 Å². The van der Waals surface area contributed by atoms with E-state index in [9.17, 15) is 27.2 Å². The van der Waals surface area contributed by atoms with Crippen LogP contribution in [0.15, 0.2) is 30.7 Å². The lowest BCUT2D eigenvalue weighted by atomic mass is 10.2. The first-order valence-electron chi connectivity index (χ1n) is 11.9. The highest BCUT2D eigenvalue weighted by Gasteiger charge is 2.39. The van der Waals surface area contributed by atoms with Gasteiger partial charge in [0.05, 0.1) is 48.6 Å². The van der Waals surface area contributed by atoms with Crippen molar-refractivity contribution in [2.45, 2.75) is 51.7 Å². The van der Waals surface area contributed by atoms with Crippen molar-refractivity contribution in [1.29, 1.82) is 0 Å². The van der Waals surface area contributed by atoms with Crippen LogP contribution < -0.4 is 15.4 Å². The number of nitrogens with one attached hydrogen (secondary N) is 2. The second-order valence-electron chi connectivity index (χ2n) is 9.78. The van der Waals surface area contributed by atoms with Crippen molar-refractivity contribution in [2.75, 3.05) is 23.7 Å². The third-order valence-corrected chi connectivity index (χ3v) is 6.24. The Hall–Kier alpha value is -4.08. The standard InChI is InChI=1S/C24H25F4N7O4S/c1-12-19(21(40-34-12)33-17-9-29-16(8-30-17)24(26,27)28)20(36)32-13-5-6-18(31-7-13)38-15-11-35(10-14(15)25)22(37)39-23(2,3)4/h5-9,14-15H,10-11H2,1-4H3,(H,30,33)(H,32,36)/t14-,15+/m0/s1. The van der Waals surface area contributed by atoms with E-state index in [0.29, 0.717) is 17.6 Å². The van der Waals surface area contributed by atoms with Crippen LogP contribution in [0.1, 0.15) is 42.5 Å². The first-order chi connectivity index (χ1) is 18.7. The average Bonchev–Trinajstić information content (AvgIpc) is 3.41. The van der Waals surface area contributed by atoms with Gasteiger partial charge in [0.1, 0.15) is 16.4 Å². The molecule has 0 spiro atoms. The fourth-order valence-corrected chi connectivity index (χ4v) is 4.37. The molecule has 0 saturated carbocycles. The summed E-state index contributed by atoms with van der Waals surface area (Å²) >= 11 is 0.925. The Labute approximate surface area is 230 Å². The molecule has 40 heavy (non-hydrogen) atoms. The Kier molecular flexibility index (Phi) is 8.09. The van der Waals surface area contributed by atoms with E-state index in [1.807, 2.05) is 0 Å². The topological polar surface area (TPSA) is 131 Å². The van der Waals surface area contributed by atoms with E-state index in [2.05, 4.69) is 30.0 Å². The molecule has 3 aromatic heterocycles. The third kappa shape index (κ3) is 7.11. The van der Waals surface area contributed by atoms with Crippen LogP contribution in [0.4, 0.5) is 38.9 Å². The van der Waals surface area contributed by atoms with E-state index >= 15 is 0 Å². The lowest BCUT2D eigenvalue weighted by molar-refractivity contribution is -0.141. The third-order valence-electron chi connectivity index (χ3n) is 5.39. The highest BCUT2D eigenvalue weighted by atomic mass is 32.1. The zero-order valence-electron chi connectivity index (χ0n) is 21.7. The van der Waals surface area contributed by atoms with Crippen LogP contribution in [0.25, 0.3) is 0 Å². The minimum absolute atomic E-state index is 0.00261. The minimum atomic E-state index is -4.63. The molecule has 4 heterocycles. The zero-order valence-corrected chi connectivity index (χ0v) is 22.6. The Balaban J connectivity index is 1.37. The van der Waals surface area contributed by atoms with E-state index in [1.165, 1.54) is 23.2 Å². The molecule has 16 heteroatoms. The molecule has 214 valence electrons. The normalized spacial score (nSPS) is 17.4. The van der Waals surface area contributed by atoms with Crippen LogP contribution in [0.3, 0.4) is 0 Å². The first kappa shape index (κ1) is 28.9. The van der Waals surface area contributed by atoms with Gasteiger partial charge in [-0.25, -0.2) is 24.1 Å². The number of anilines is 3. The summed E-state index contributed by atoms with van der Waals surface area (Å²) in [7, 11) is 0. The number of carbonyl (C=O) groups is 2. The highest BCUT2D eigenvalue weighted by Crippen LogP contribution is 2.30. The van der Waals surface area contributed by atoms with E-state index in [-0.39, 0.29) is 35.4 Å². The summed E-state index contributed by atoms with van der Waals surface area (Å²) in [5.74, 6) is -0.470. The lowest BCUT2D eigenvalue weighted by Crippen LogP contribution is -2.36. The molecule has 1 fully saturated rings.